The maximum Gasteiger partial charge on any atom is 0.586 e. The maximum absolute atomic E-state index is 12.8. The molecule has 1 heterocycles. The number of imide groups is 1. The average Bonchev–Trinajstić information content (AvgIpc) is 2.69. The molecule has 0 aromatic heterocycles. The number of alkyl halides is 2. The largest absolute Gasteiger partial charge is 0.586 e. The third kappa shape index (κ3) is 3.94. The van der Waals surface area contributed by atoms with Gasteiger partial charge >= 0.3 is 12.3 Å². The Balaban J connectivity index is 1.88. The Hall–Kier alpha value is -2.58. The summed E-state index contributed by atoms with van der Waals surface area (Å²) in [6.45, 7) is 1.90. The number of carbonyl (C=O) groups excluding carboxylic acids is 2. The summed E-state index contributed by atoms with van der Waals surface area (Å²) in [5.41, 5.74) is 0.376. The summed E-state index contributed by atoms with van der Waals surface area (Å²) in [6, 6.07) is 3.41. The first kappa shape index (κ1) is 14.8. The predicted octanol–water partition coefficient (Wildman–Crippen LogP) is 1.27. The fourth-order valence-electron chi connectivity index (χ4n) is 1.62. The zero-order valence-electron chi connectivity index (χ0n) is 11.0. The van der Waals surface area contributed by atoms with Gasteiger partial charge in [0.25, 0.3) is 0 Å². The third-order valence-electron chi connectivity index (χ3n) is 2.44. The highest BCUT2D eigenvalue weighted by atomic mass is 19.3. The van der Waals surface area contributed by atoms with Gasteiger partial charge < -0.3 is 20.1 Å². The fourth-order valence-corrected chi connectivity index (χ4v) is 1.62. The first-order valence-electron chi connectivity index (χ1n) is 6.11. The van der Waals surface area contributed by atoms with Crippen LogP contribution in [0.4, 0.5) is 19.3 Å². The molecule has 3 N–H and O–H groups in total. The summed E-state index contributed by atoms with van der Waals surface area (Å²) in [5, 5.41) is 7.16. The second-order valence-corrected chi connectivity index (χ2v) is 4.09. The highest BCUT2D eigenvalue weighted by Crippen LogP contribution is 2.42. The minimum Gasteiger partial charge on any atom is -0.395 e. The van der Waals surface area contributed by atoms with Gasteiger partial charge in [-0.25, -0.2) is 4.79 Å². The van der Waals surface area contributed by atoms with Crippen LogP contribution in [0.15, 0.2) is 18.2 Å². The number of carbonyl (C=O) groups is 2. The smallest absolute Gasteiger partial charge is 0.395 e. The average molecular weight is 301 g/mol. The van der Waals surface area contributed by atoms with Gasteiger partial charge in [-0.15, -0.1) is 8.78 Å². The van der Waals surface area contributed by atoms with Gasteiger partial charge in [0.1, 0.15) is 0 Å². The molecular weight excluding hydrogens is 288 g/mol. The van der Waals surface area contributed by atoms with E-state index in [4.69, 9.17) is 0 Å². The molecule has 0 saturated heterocycles. The Labute approximate surface area is 118 Å². The molecule has 9 heteroatoms. The van der Waals surface area contributed by atoms with Crippen LogP contribution in [0.2, 0.25) is 0 Å². The molecule has 0 saturated carbocycles. The number of anilines is 1. The van der Waals surface area contributed by atoms with E-state index >= 15 is 0 Å². The molecule has 0 bridgehead atoms. The van der Waals surface area contributed by atoms with Crippen LogP contribution in [0, 0.1) is 0 Å². The van der Waals surface area contributed by atoms with Crippen LogP contribution in [-0.4, -0.2) is 31.3 Å². The van der Waals surface area contributed by atoms with E-state index in [1.54, 1.807) is 6.92 Å². The topological polar surface area (TPSA) is 88.7 Å². The predicted molar refractivity (Wildman–Crippen MR) is 68.4 cm³/mol. The molecular formula is C12H13F2N3O4. The monoisotopic (exact) mass is 301 g/mol. The van der Waals surface area contributed by atoms with Gasteiger partial charge in [0, 0.05) is 18.3 Å². The first-order chi connectivity index (χ1) is 9.89. The number of ether oxygens (including phenoxy) is 2. The van der Waals surface area contributed by atoms with Crippen LogP contribution in [0.25, 0.3) is 0 Å². The lowest BCUT2D eigenvalue weighted by Gasteiger charge is -2.07. The van der Waals surface area contributed by atoms with Crippen molar-refractivity contribution in [1.82, 2.24) is 10.6 Å². The summed E-state index contributed by atoms with van der Waals surface area (Å²) in [4.78, 5) is 22.5. The molecule has 2 rings (SSSR count). The van der Waals surface area contributed by atoms with E-state index in [9.17, 15) is 18.4 Å². The number of rotatable bonds is 4. The van der Waals surface area contributed by atoms with Crippen LogP contribution in [0.5, 0.6) is 11.5 Å². The standard InChI is InChI=1S/C12H13F2N3O4/c1-2-15-11(19)17-10(18)6-16-7-3-4-8-9(5-7)21-12(13,14)20-8/h3-5,16H,2,6H2,1H3,(H2,15,17,18,19). The lowest BCUT2D eigenvalue weighted by Crippen LogP contribution is -2.41. The van der Waals surface area contributed by atoms with Crippen LogP contribution >= 0.6 is 0 Å². The van der Waals surface area contributed by atoms with Crippen molar-refractivity contribution in [2.24, 2.45) is 0 Å². The molecule has 1 aromatic carbocycles. The van der Waals surface area contributed by atoms with Crippen LogP contribution in [0.3, 0.4) is 0 Å². The van der Waals surface area contributed by atoms with E-state index < -0.39 is 18.2 Å². The second kappa shape index (κ2) is 5.81. The summed E-state index contributed by atoms with van der Waals surface area (Å²) in [6.07, 6.45) is -3.68. The Morgan fingerprint density at radius 1 is 1.24 bits per heavy atom. The molecule has 7 nitrogen and oxygen atoms in total. The third-order valence-corrected chi connectivity index (χ3v) is 2.44. The van der Waals surface area contributed by atoms with Crippen LogP contribution in [-0.2, 0) is 4.79 Å². The molecule has 114 valence electrons. The van der Waals surface area contributed by atoms with Crippen molar-refractivity contribution in [2.75, 3.05) is 18.4 Å². The highest BCUT2D eigenvalue weighted by molar-refractivity contribution is 5.96. The van der Waals surface area contributed by atoms with E-state index in [0.29, 0.717) is 12.2 Å². The van der Waals surface area contributed by atoms with Crippen LogP contribution < -0.4 is 25.4 Å². The molecule has 1 aliphatic rings. The van der Waals surface area contributed by atoms with E-state index in [-0.39, 0.29) is 18.0 Å². The van der Waals surface area contributed by atoms with Crippen molar-refractivity contribution in [3.05, 3.63) is 18.2 Å². The van der Waals surface area contributed by atoms with Gasteiger partial charge in [-0.1, -0.05) is 0 Å². The van der Waals surface area contributed by atoms with Crippen molar-refractivity contribution in [3.8, 4) is 11.5 Å². The molecule has 0 fully saturated rings. The summed E-state index contributed by atoms with van der Waals surface area (Å²) in [5.74, 6) is -0.782. The lowest BCUT2D eigenvalue weighted by atomic mass is 10.3. The number of amides is 3. The van der Waals surface area contributed by atoms with Gasteiger partial charge in [0.15, 0.2) is 11.5 Å². The highest BCUT2D eigenvalue weighted by Gasteiger charge is 2.43. The summed E-state index contributed by atoms with van der Waals surface area (Å²) >= 11 is 0. The van der Waals surface area contributed by atoms with Gasteiger partial charge in [0.2, 0.25) is 5.91 Å². The molecule has 0 radical (unpaired) electrons. The van der Waals surface area contributed by atoms with Crippen molar-refractivity contribution in [1.29, 1.82) is 0 Å². The Morgan fingerprint density at radius 3 is 2.67 bits per heavy atom. The van der Waals surface area contributed by atoms with Crippen LogP contribution in [0.1, 0.15) is 6.92 Å². The number of hydrogen-bond acceptors (Lipinski definition) is 5. The number of fused-ring (bicyclic) bond motifs is 1. The van der Waals surface area contributed by atoms with Gasteiger partial charge in [0.05, 0.1) is 6.54 Å². The summed E-state index contributed by atoms with van der Waals surface area (Å²) < 4.78 is 34.2. The zero-order valence-corrected chi connectivity index (χ0v) is 11.0. The fraction of sp³-hybridized carbons (Fsp3) is 0.333. The lowest BCUT2D eigenvalue weighted by molar-refractivity contribution is -0.286. The Bertz CT molecular complexity index is 565. The van der Waals surface area contributed by atoms with Gasteiger partial charge in [-0.2, -0.15) is 0 Å². The Kier molecular flexibility index (Phi) is 4.10. The van der Waals surface area contributed by atoms with Gasteiger partial charge in [-0.3, -0.25) is 10.1 Å². The number of urea groups is 1. The number of benzene rings is 1. The molecule has 1 aliphatic heterocycles. The van der Waals surface area contributed by atoms with E-state index in [0.717, 1.165) is 0 Å². The molecule has 21 heavy (non-hydrogen) atoms. The normalized spacial score (nSPS) is 14.4. The first-order valence-corrected chi connectivity index (χ1v) is 6.11. The molecule has 0 spiro atoms. The molecule has 0 unspecified atom stereocenters. The quantitative estimate of drug-likeness (QED) is 0.779. The zero-order chi connectivity index (χ0) is 15.5. The van der Waals surface area contributed by atoms with Crippen molar-refractivity contribution in [3.63, 3.8) is 0 Å². The Morgan fingerprint density at radius 2 is 1.95 bits per heavy atom. The van der Waals surface area contributed by atoms with Crippen molar-refractivity contribution >= 4 is 17.6 Å². The SMILES string of the molecule is CCNC(=O)NC(=O)CNc1ccc2c(c1)OC(F)(F)O2. The maximum atomic E-state index is 12.8. The molecule has 0 aliphatic carbocycles. The molecule has 1 aromatic rings. The molecule has 3 amide bonds. The van der Waals surface area contributed by atoms with Crippen molar-refractivity contribution in [2.45, 2.75) is 13.2 Å². The van der Waals surface area contributed by atoms with E-state index in [1.807, 2.05) is 0 Å². The second-order valence-electron chi connectivity index (χ2n) is 4.09. The van der Waals surface area contributed by atoms with E-state index in [1.165, 1.54) is 18.2 Å². The minimum atomic E-state index is -3.68. The van der Waals surface area contributed by atoms with E-state index in [2.05, 4.69) is 25.4 Å². The summed E-state index contributed by atoms with van der Waals surface area (Å²) in [7, 11) is 0. The number of hydrogen-bond donors (Lipinski definition) is 3. The molecule has 0 atom stereocenters. The van der Waals surface area contributed by atoms with Crippen molar-refractivity contribution < 1.29 is 27.8 Å². The minimum absolute atomic E-state index is 0.0858. The van der Waals surface area contributed by atoms with Gasteiger partial charge in [-0.05, 0) is 19.1 Å². The number of halogens is 2. The number of nitrogens with one attached hydrogen (secondary N) is 3.